The van der Waals surface area contributed by atoms with Gasteiger partial charge in [0.1, 0.15) is 12.4 Å². The standard InChI is InChI=1S/C14H18FNO2/c1-14(6-8-16-9-7-14)13(17)18-10-11-4-2-3-5-12(11)15/h2-5,16H,6-10H2,1H3. The molecule has 0 atom stereocenters. The molecule has 4 heteroatoms. The van der Waals surface area contributed by atoms with Crippen molar-refractivity contribution in [1.29, 1.82) is 0 Å². The number of benzene rings is 1. The number of carbonyl (C=O) groups excluding carboxylic acids is 1. The summed E-state index contributed by atoms with van der Waals surface area (Å²) >= 11 is 0. The predicted molar refractivity (Wildman–Crippen MR) is 66.4 cm³/mol. The Morgan fingerprint density at radius 3 is 2.72 bits per heavy atom. The molecule has 98 valence electrons. The maximum atomic E-state index is 13.4. The van der Waals surface area contributed by atoms with Gasteiger partial charge < -0.3 is 10.1 Å². The summed E-state index contributed by atoms with van der Waals surface area (Å²) in [5.41, 5.74) is -0.0142. The Labute approximate surface area is 106 Å². The molecule has 0 saturated carbocycles. The first-order valence-electron chi connectivity index (χ1n) is 6.23. The monoisotopic (exact) mass is 251 g/mol. The van der Waals surface area contributed by atoms with E-state index in [0.717, 1.165) is 25.9 Å². The van der Waals surface area contributed by atoms with E-state index in [9.17, 15) is 9.18 Å². The number of halogens is 1. The van der Waals surface area contributed by atoms with Gasteiger partial charge >= 0.3 is 5.97 Å². The third-order valence-corrected chi connectivity index (χ3v) is 3.52. The van der Waals surface area contributed by atoms with Gasteiger partial charge in [0, 0.05) is 5.56 Å². The minimum atomic E-state index is -0.434. The highest BCUT2D eigenvalue weighted by atomic mass is 19.1. The van der Waals surface area contributed by atoms with E-state index in [2.05, 4.69) is 5.32 Å². The zero-order valence-corrected chi connectivity index (χ0v) is 10.5. The van der Waals surface area contributed by atoms with Crippen LogP contribution in [-0.4, -0.2) is 19.1 Å². The van der Waals surface area contributed by atoms with Crippen LogP contribution in [-0.2, 0) is 16.1 Å². The minimum absolute atomic E-state index is 0.00846. The van der Waals surface area contributed by atoms with Crippen molar-refractivity contribution in [3.63, 3.8) is 0 Å². The lowest BCUT2D eigenvalue weighted by Crippen LogP contribution is -2.40. The number of piperidine rings is 1. The SMILES string of the molecule is CC1(C(=O)OCc2ccccc2F)CCNCC1. The summed E-state index contributed by atoms with van der Waals surface area (Å²) in [4.78, 5) is 12.0. The number of carbonyl (C=O) groups is 1. The summed E-state index contributed by atoms with van der Waals surface area (Å²) in [6.07, 6.45) is 1.53. The van der Waals surface area contributed by atoms with E-state index in [-0.39, 0.29) is 18.4 Å². The molecule has 0 amide bonds. The molecule has 0 radical (unpaired) electrons. The van der Waals surface area contributed by atoms with Gasteiger partial charge in [0.15, 0.2) is 0 Å². The largest absolute Gasteiger partial charge is 0.460 e. The molecule has 0 aliphatic carbocycles. The Bertz CT molecular complexity index is 428. The lowest BCUT2D eigenvalue weighted by Gasteiger charge is -2.31. The molecule has 1 aromatic rings. The van der Waals surface area contributed by atoms with Gasteiger partial charge in [0.05, 0.1) is 5.41 Å². The van der Waals surface area contributed by atoms with Crippen LogP contribution < -0.4 is 5.32 Å². The molecule has 1 aliphatic rings. The van der Waals surface area contributed by atoms with E-state index in [0.29, 0.717) is 5.56 Å². The maximum absolute atomic E-state index is 13.4. The van der Waals surface area contributed by atoms with E-state index in [1.165, 1.54) is 6.07 Å². The molecule has 1 N–H and O–H groups in total. The Balaban J connectivity index is 1.94. The molecule has 1 aromatic carbocycles. The van der Waals surface area contributed by atoms with Gasteiger partial charge in [-0.3, -0.25) is 4.79 Å². The summed E-state index contributed by atoms with van der Waals surface area (Å²) in [6.45, 7) is 3.57. The van der Waals surface area contributed by atoms with Crippen LogP contribution in [0.3, 0.4) is 0 Å². The van der Waals surface area contributed by atoms with Gasteiger partial charge in [0.25, 0.3) is 0 Å². The van der Waals surface area contributed by atoms with Gasteiger partial charge in [-0.05, 0) is 38.9 Å². The number of hydrogen-bond donors (Lipinski definition) is 1. The molecule has 0 unspecified atom stereocenters. The topological polar surface area (TPSA) is 38.3 Å². The molecule has 18 heavy (non-hydrogen) atoms. The lowest BCUT2D eigenvalue weighted by molar-refractivity contribution is -0.158. The normalized spacial score (nSPS) is 18.3. The second kappa shape index (κ2) is 5.48. The van der Waals surface area contributed by atoms with E-state index in [4.69, 9.17) is 4.74 Å². The van der Waals surface area contributed by atoms with Crippen LogP contribution in [0, 0.1) is 11.2 Å². The van der Waals surface area contributed by atoms with E-state index < -0.39 is 5.41 Å². The molecule has 1 aliphatic heterocycles. The highest BCUT2D eigenvalue weighted by Gasteiger charge is 2.36. The van der Waals surface area contributed by atoms with E-state index in [1.807, 2.05) is 6.92 Å². The highest BCUT2D eigenvalue weighted by Crippen LogP contribution is 2.29. The van der Waals surface area contributed by atoms with Crippen molar-refractivity contribution < 1.29 is 13.9 Å². The molecular formula is C14H18FNO2. The van der Waals surface area contributed by atoms with Crippen LogP contribution in [0.25, 0.3) is 0 Å². The molecule has 1 heterocycles. The molecule has 1 saturated heterocycles. The van der Waals surface area contributed by atoms with E-state index >= 15 is 0 Å². The highest BCUT2D eigenvalue weighted by molar-refractivity contribution is 5.76. The summed E-state index contributed by atoms with van der Waals surface area (Å²) in [7, 11) is 0. The number of ether oxygens (including phenoxy) is 1. The van der Waals surface area contributed by atoms with Gasteiger partial charge in [-0.1, -0.05) is 18.2 Å². The van der Waals surface area contributed by atoms with Crippen molar-refractivity contribution in [3.05, 3.63) is 35.6 Å². The zero-order valence-electron chi connectivity index (χ0n) is 10.5. The van der Waals surface area contributed by atoms with Gasteiger partial charge in [0.2, 0.25) is 0 Å². The Morgan fingerprint density at radius 1 is 1.39 bits per heavy atom. The van der Waals surface area contributed by atoms with Crippen LogP contribution in [0.1, 0.15) is 25.3 Å². The molecule has 0 aromatic heterocycles. The molecule has 3 nitrogen and oxygen atoms in total. The number of nitrogens with one attached hydrogen (secondary N) is 1. The molecule has 0 spiro atoms. The minimum Gasteiger partial charge on any atom is -0.460 e. The second-order valence-corrected chi connectivity index (χ2v) is 4.98. The van der Waals surface area contributed by atoms with Crippen molar-refractivity contribution in [3.8, 4) is 0 Å². The van der Waals surface area contributed by atoms with Crippen LogP contribution in [0.5, 0.6) is 0 Å². The average molecular weight is 251 g/mol. The molecular weight excluding hydrogens is 233 g/mol. The quantitative estimate of drug-likeness (QED) is 0.837. The average Bonchev–Trinajstić information content (AvgIpc) is 2.38. The summed E-state index contributed by atoms with van der Waals surface area (Å²) in [5, 5.41) is 3.21. The van der Waals surface area contributed by atoms with Crippen molar-refractivity contribution >= 4 is 5.97 Å². The fourth-order valence-corrected chi connectivity index (χ4v) is 2.12. The van der Waals surface area contributed by atoms with Crippen LogP contribution in [0.2, 0.25) is 0 Å². The first-order chi connectivity index (χ1) is 8.62. The fraction of sp³-hybridized carbons (Fsp3) is 0.500. The summed E-state index contributed by atoms with van der Waals surface area (Å²) < 4.78 is 18.6. The van der Waals surface area contributed by atoms with Crippen LogP contribution >= 0.6 is 0 Å². The first kappa shape index (κ1) is 13.0. The van der Waals surface area contributed by atoms with Crippen LogP contribution in [0.4, 0.5) is 4.39 Å². The predicted octanol–water partition coefficient (Wildman–Crippen LogP) is 2.26. The van der Waals surface area contributed by atoms with Crippen molar-refractivity contribution in [2.45, 2.75) is 26.4 Å². The molecule has 2 rings (SSSR count). The lowest BCUT2D eigenvalue weighted by atomic mass is 9.81. The van der Waals surface area contributed by atoms with Crippen molar-refractivity contribution in [2.75, 3.05) is 13.1 Å². The number of esters is 1. The maximum Gasteiger partial charge on any atom is 0.312 e. The van der Waals surface area contributed by atoms with Gasteiger partial charge in [-0.2, -0.15) is 0 Å². The summed E-state index contributed by atoms with van der Waals surface area (Å²) in [6, 6.07) is 6.36. The second-order valence-electron chi connectivity index (χ2n) is 4.98. The number of rotatable bonds is 3. The van der Waals surface area contributed by atoms with Gasteiger partial charge in [-0.25, -0.2) is 4.39 Å². The zero-order chi connectivity index (χ0) is 13.0. The smallest absolute Gasteiger partial charge is 0.312 e. The Kier molecular flexibility index (Phi) is 3.97. The molecule has 0 bridgehead atoms. The first-order valence-corrected chi connectivity index (χ1v) is 6.23. The number of hydrogen-bond acceptors (Lipinski definition) is 3. The third-order valence-electron chi connectivity index (χ3n) is 3.52. The summed E-state index contributed by atoms with van der Waals surface area (Å²) in [5.74, 6) is -0.562. The van der Waals surface area contributed by atoms with Crippen molar-refractivity contribution in [1.82, 2.24) is 5.32 Å². The van der Waals surface area contributed by atoms with Gasteiger partial charge in [-0.15, -0.1) is 0 Å². The third kappa shape index (κ3) is 2.88. The molecule has 1 fully saturated rings. The van der Waals surface area contributed by atoms with E-state index in [1.54, 1.807) is 18.2 Å². The fourth-order valence-electron chi connectivity index (χ4n) is 2.12. The Hall–Kier alpha value is -1.42. The Morgan fingerprint density at radius 2 is 2.06 bits per heavy atom. The van der Waals surface area contributed by atoms with Crippen molar-refractivity contribution in [2.24, 2.45) is 5.41 Å². The van der Waals surface area contributed by atoms with Crippen LogP contribution in [0.15, 0.2) is 24.3 Å².